The van der Waals surface area contributed by atoms with E-state index in [4.69, 9.17) is 16.3 Å². The summed E-state index contributed by atoms with van der Waals surface area (Å²) in [7, 11) is 0. The standard InChI is InChI=1S/C18H15BrClNO3/c1-2-24-18(23)15(11-21-13-9-7-12(19)8-10-13)17(22)14-5-3-4-6-16(14)20/h3-11,22H,2H2,1H3. The molecule has 6 heteroatoms. The van der Waals surface area contributed by atoms with E-state index in [1.807, 2.05) is 12.1 Å². The van der Waals surface area contributed by atoms with Gasteiger partial charge in [-0.05, 0) is 43.3 Å². The lowest BCUT2D eigenvalue weighted by molar-refractivity contribution is -0.137. The molecule has 124 valence electrons. The van der Waals surface area contributed by atoms with Gasteiger partial charge in [0.1, 0.15) is 11.3 Å². The maximum atomic E-state index is 12.2. The minimum absolute atomic E-state index is 0.0622. The highest BCUT2D eigenvalue weighted by atomic mass is 79.9. The Morgan fingerprint density at radius 3 is 2.54 bits per heavy atom. The fourth-order valence-electron chi connectivity index (χ4n) is 1.88. The van der Waals surface area contributed by atoms with E-state index in [-0.39, 0.29) is 17.9 Å². The summed E-state index contributed by atoms with van der Waals surface area (Å²) in [6.07, 6.45) is 1.28. The van der Waals surface area contributed by atoms with Crippen LogP contribution in [0.25, 0.3) is 5.76 Å². The van der Waals surface area contributed by atoms with Crippen LogP contribution in [-0.4, -0.2) is 23.9 Å². The summed E-state index contributed by atoms with van der Waals surface area (Å²) in [5.41, 5.74) is 0.907. The molecule has 0 aromatic heterocycles. The zero-order valence-electron chi connectivity index (χ0n) is 12.9. The number of aliphatic hydroxyl groups excluding tert-OH is 1. The Morgan fingerprint density at radius 2 is 1.92 bits per heavy atom. The molecule has 1 N–H and O–H groups in total. The first-order valence-electron chi connectivity index (χ1n) is 7.17. The monoisotopic (exact) mass is 407 g/mol. The Balaban J connectivity index is 2.44. The Morgan fingerprint density at radius 1 is 1.25 bits per heavy atom. The Labute approximate surface area is 153 Å². The van der Waals surface area contributed by atoms with Gasteiger partial charge >= 0.3 is 5.97 Å². The molecule has 0 amide bonds. The quantitative estimate of drug-likeness (QED) is 0.314. The first-order valence-corrected chi connectivity index (χ1v) is 8.35. The number of carbonyl (C=O) groups is 1. The number of esters is 1. The highest BCUT2D eigenvalue weighted by Gasteiger charge is 2.17. The van der Waals surface area contributed by atoms with Crippen LogP contribution in [0.15, 0.2) is 63.6 Å². The average Bonchev–Trinajstić information content (AvgIpc) is 2.57. The van der Waals surface area contributed by atoms with Crippen molar-refractivity contribution in [3.05, 3.63) is 69.2 Å². The summed E-state index contributed by atoms with van der Waals surface area (Å²) in [5, 5.41) is 10.8. The van der Waals surface area contributed by atoms with Gasteiger partial charge in [-0.2, -0.15) is 0 Å². The lowest BCUT2D eigenvalue weighted by atomic mass is 10.1. The lowest BCUT2D eigenvalue weighted by Gasteiger charge is -2.08. The maximum absolute atomic E-state index is 12.2. The fraction of sp³-hybridized carbons (Fsp3) is 0.111. The smallest absolute Gasteiger partial charge is 0.343 e. The van der Waals surface area contributed by atoms with E-state index >= 15 is 0 Å². The second kappa shape index (κ2) is 8.66. The summed E-state index contributed by atoms with van der Waals surface area (Å²) >= 11 is 9.42. The van der Waals surface area contributed by atoms with Crippen LogP contribution in [0, 0.1) is 0 Å². The number of aliphatic imine (C=N–C) groups is 1. The summed E-state index contributed by atoms with van der Waals surface area (Å²) in [6, 6.07) is 13.9. The number of rotatable bonds is 5. The van der Waals surface area contributed by atoms with Gasteiger partial charge in [0, 0.05) is 16.3 Å². The van der Waals surface area contributed by atoms with Gasteiger partial charge in [0.05, 0.1) is 17.3 Å². The van der Waals surface area contributed by atoms with E-state index < -0.39 is 5.97 Å². The Hall–Kier alpha value is -2.11. The van der Waals surface area contributed by atoms with E-state index in [2.05, 4.69) is 20.9 Å². The molecule has 0 spiro atoms. The maximum Gasteiger partial charge on any atom is 0.343 e. The number of aliphatic hydroxyl groups is 1. The molecule has 0 radical (unpaired) electrons. The summed E-state index contributed by atoms with van der Waals surface area (Å²) in [5.74, 6) is -0.948. The van der Waals surface area contributed by atoms with Crippen LogP contribution >= 0.6 is 27.5 Å². The first kappa shape index (κ1) is 18.2. The van der Waals surface area contributed by atoms with Crippen molar-refractivity contribution in [2.75, 3.05) is 6.61 Å². The minimum Gasteiger partial charge on any atom is -0.506 e. The van der Waals surface area contributed by atoms with Gasteiger partial charge in [0.2, 0.25) is 0 Å². The molecule has 2 aromatic rings. The predicted octanol–water partition coefficient (Wildman–Crippen LogP) is 5.34. The molecular weight excluding hydrogens is 394 g/mol. The molecule has 2 rings (SSSR count). The third-order valence-corrected chi connectivity index (χ3v) is 3.91. The van der Waals surface area contributed by atoms with Gasteiger partial charge in [0.15, 0.2) is 0 Å². The number of hydrogen-bond donors (Lipinski definition) is 1. The molecular formula is C18H15BrClNO3. The van der Waals surface area contributed by atoms with Crippen molar-refractivity contribution in [1.82, 2.24) is 0 Å². The molecule has 0 atom stereocenters. The number of halogens is 2. The van der Waals surface area contributed by atoms with E-state index in [9.17, 15) is 9.90 Å². The predicted molar refractivity (Wildman–Crippen MR) is 99.9 cm³/mol. The molecule has 0 aliphatic heterocycles. The minimum atomic E-state index is -0.671. The molecule has 0 aliphatic rings. The molecule has 24 heavy (non-hydrogen) atoms. The zero-order chi connectivity index (χ0) is 17.5. The van der Waals surface area contributed by atoms with Crippen LogP contribution in [-0.2, 0) is 9.53 Å². The highest BCUT2D eigenvalue weighted by Crippen LogP contribution is 2.25. The van der Waals surface area contributed by atoms with Gasteiger partial charge < -0.3 is 9.84 Å². The van der Waals surface area contributed by atoms with Crippen molar-refractivity contribution < 1.29 is 14.6 Å². The van der Waals surface area contributed by atoms with Crippen molar-refractivity contribution in [2.24, 2.45) is 4.99 Å². The molecule has 0 aliphatic carbocycles. The van der Waals surface area contributed by atoms with E-state index in [0.29, 0.717) is 16.3 Å². The average molecular weight is 409 g/mol. The van der Waals surface area contributed by atoms with Gasteiger partial charge in [-0.3, -0.25) is 4.99 Å². The number of hydrogen-bond acceptors (Lipinski definition) is 4. The van der Waals surface area contributed by atoms with Crippen LogP contribution in [0.3, 0.4) is 0 Å². The van der Waals surface area contributed by atoms with Crippen molar-refractivity contribution in [2.45, 2.75) is 6.92 Å². The third-order valence-electron chi connectivity index (χ3n) is 3.05. The van der Waals surface area contributed by atoms with E-state index in [0.717, 1.165) is 4.47 Å². The molecule has 0 saturated carbocycles. The third kappa shape index (κ3) is 4.69. The van der Waals surface area contributed by atoms with Crippen LogP contribution in [0.4, 0.5) is 5.69 Å². The normalized spacial score (nSPS) is 12.1. The van der Waals surface area contributed by atoms with Crippen LogP contribution in [0.5, 0.6) is 0 Å². The first-order chi connectivity index (χ1) is 11.5. The molecule has 0 unspecified atom stereocenters. The molecule has 4 nitrogen and oxygen atoms in total. The zero-order valence-corrected chi connectivity index (χ0v) is 15.2. The fourth-order valence-corrected chi connectivity index (χ4v) is 2.37. The van der Waals surface area contributed by atoms with Crippen molar-refractivity contribution in [3.63, 3.8) is 0 Å². The van der Waals surface area contributed by atoms with E-state index in [1.54, 1.807) is 43.3 Å². The molecule has 0 saturated heterocycles. The number of benzene rings is 2. The van der Waals surface area contributed by atoms with Crippen LogP contribution < -0.4 is 0 Å². The lowest BCUT2D eigenvalue weighted by Crippen LogP contribution is -2.11. The largest absolute Gasteiger partial charge is 0.506 e. The summed E-state index contributed by atoms with van der Waals surface area (Å²) < 4.78 is 5.91. The molecule has 0 bridgehead atoms. The summed E-state index contributed by atoms with van der Waals surface area (Å²) in [6.45, 7) is 1.87. The van der Waals surface area contributed by atoms with Crippen molar-refractivity contribution in [3.8, 4) is 0 Å². The van der Waals surface area contributed by atoms with E-state index in [1.165, 1.54) is 6.21 Å². The molecule has 0 heterocycles. The Bertz CT molecular complexity index is 785. The number of carbonyl (C=O) groups excluding carboxylic acids is 1. The van der Waals surface area contributed by atoms with Gasteiger partial charge in [-0.25, -0.2) is 4.79 Å². The Kier molecular flexibility index (Phi) is 6.58. The second-order valence-corrected chi connectivity index (χ2v) is 6.02. The summed E-state index contributed by atoms with van der Waals surface area (Å²) in [4.78, 5) is 16.4. The van der Waals surface area contributed by atoms with Crippen molar-refractivity contribution >= 4 is 51.2 Å². The number of nitrogens with zero attached hydrogens (tertiary/aromatic N) is 1. The van der Waals surface area contributed by atoms with Gasteiger partial charge in [0.25, 0.3) is 0 Å². The molecule has 0 fully saturated rings. The van der Waals surface area contributed by atoms with Crippen molar-refractivity contribution in [1.29, 1.82) is 0 Å². The van der Waals surface area contributed by atoms with Crippen LogP contribution in [0.2, 0.25) is 5.02 Å². The molecule has 2 aromatic carbocycles. The van der Waals surface area contributed by atoms with Crippen LogP contribution in [0.1, 0.15) is 12.5 Å². The van der Waals surface area contributed by atoms with Gasteiger partial charge in [-0.1, -0.05) is 39.7 Å². The SMILES string of the molecule is CCOC(=O)C(C=Nc1ccc(Br)cc1)=C(O)c1ccccc1Cl. The van der Waals surface area contributed by atoms with Gasteiger partial charge in [-0.15, -0.1) is 0 Å². The second-order valence-electron chi connectivity index (χ2n) is 4.70. The highest BCUT2D eigenvalue weighted by molar-refractivity contribution is 9.10. The topological polar surface area (TPSA) is 58.9 Å². The number of ether oxygens (including phenoxy) is 1.